The molecule has 3 aromatic rings. The second kappa shape index (κ2) is 6.62. The number of alkyl halides is 3. The number of amides is 1. The molecule has 0 aliphatic heterocycles. The van der Waals surface area contributed by atoms with E-state index in [0.29, 0.717) is 5.69 Å². The van der Waals surface area contributed by atoms with Crippen molar-refractivity contribution in [3.63, 3.8) is 0 Å². The number of aryl methyl sites for hydroxylation is 1. The van der Waals surface area contributed by atoms with Crippen LogP contribution >= 0.6 is 0 Å². The Bertz CT molecular complexity index is 946. The highest BCUT2D eigenvalue weighted by atomic mass is 19.4. The zero-order valence-electron chi connectivity index (χ0n) is 13.5. The number of carbonyl (C=O) groups is 1. The largest absolute Gasteiger partial charge is 0.433 e. The van der Waals surface area contributed by atoms with Gasteiger partial charge in [-0.3, -0.25) is 4.79 Å². The van der Waals surface area contributed by atoms with E-state index >= 15 is 0 Å². The van der Waals surface area contributed by atoms with E-state index < -0.39 is 23.6 Å². The van der Waals surface area contributed by atoms with Gasteiger partial charge in [-0.2, -0.15) is 18.3 Å². The topological polar surface area (TPSA) is 46.9 Å². The summed E-state index contributed by atoms with van der Waals surface area (Å²) < 4.78 is 53.2. The van der Waals surface area contributed by atoms with Crippen LogP contribution in [0.4, 0.5) is 23.2 Å². The summed E-state index contributed by atoms with van der Waals surface area (Å²) in [5.74, 6) is -1.06. The molecule has 1 N–H and O–H groups in total. The second-order valence-electron chi connectivity index (χ2n) is 5.59. The van der Waals surface area contributed by atoms with Crippen LogP contribution < -0.4 is 5.32 Å². The molecule has 0 unspecified atom stereocenters. The molecule has 0 atom stereocenters. The normalized spacial score (nSPS) is 11.4. The lowest BCUT2D eigenvalue weighted by Crippen LogP contribution is -2.14. The van der Waals surface area contributed by atoms with Crippen LogP contribution in [0.15, 0.2) is 54.6 Å². The summed E-state index contributed by atoms with van der Waals surface area (Å²) in [5, 5.41) is 6.42. The van der Waals surface area contributed by atoms with Crippen molar-refractivity contribution in [2.75, 3.05) is 5.32 Å². The minimum Gasteiger partial charge on any atom is -0.322 e. The van der Waals surface area contributed by atoms with Crippen molar-refractivity contribution in [1.29, 1.82) is 0 Å². The van der Waals surface area contributed by atoms with E-state index in [1.54, 1.807) is 0 Å². The third kappa shape index (κ3) is 3.74. The van der Waals surface area contributed by atoms with Crippen molar-refractivity contribution in [1.82, 2.24) is 9.78 Å². The van der Waals surface area contributed by atoms with Crippen molar-refractivity contribution in [3.05, 3.63) is 77.4 Å². The summed E-state index contributed by atoms with van der Waals surface area (Å²) in [7, 11) is 0. The van der Waals surface area contributed by atoms with Gasteiger partial charge in [-0.15, -0.1) is 0 Å². The predicted octanol–water partition coefficient (Wildman–Crippen LogP) is 4.59. The number of nitrogens with one attached hydrogen (secondary N) is 1. The van der Waals surface area contributed by atoms with Crippen LogP contribution in [0, 0.1) is 12.7 Å². The van der Waals surface area contributed by atoms with E-state index in [1.807, 2.05) is 0 Å². The van der Waals surface area contributed by atoms with Gasteiger partial charge in [-0.05, 0) is 55.5 Å². The maximum absolute atomic E-state index is 13.2. The standard InChI is InChI=1S/C18H13F4N3O/c1-11-9-16(18(20,21)22)25(24-11)15-7-5-14(6-8-15)23-17(26)12-3-2-4-13(19)10-12/h2-10H,1H3,(H,23,26). The lowest BCUT2D eigenvalue weighted by Gasteiger charge is -2.11. The summed E-state index contributed by atoms with van der Waals surface area (Å²) in [5.41, 5.74) is 0.0538. The lowest BCUT2D eigenvalue weighted by molar-refractivity contribution is -0.142. The quantitative estimate of drug-likeness (QED) is 0.692. The summed E-state index contributed by atoms with van der Waals surface area (Å²) in [4.78, 5) is 12.1. The molecule has 1 heterocycles. The first-order chi connectivity index (χ1) is 12.2. The second-order valence-corrected chi connectivity index (χ2v) is 5.59. The minimum absolute atomic E-state index is 0.135. The van der Waals surface area contributed by atoms with Crippen molar-refractivity contribution in [2.45, 2.75) is 13.1 Å². The number of aromatic nitrogens is 2. The highest BCUT2D eigenvalue weighted by molar-refractivity contribution is 6.04. The Morgan fingerprint density at radius 3 is 2.38 bits per heavy atom. The Balaban J connectivity index is 1.83. The molecular weight excluding hydrogens is 350 g/mol. The van der Waals surface area contributed by atoms with Gasteiger partial charge in [-0.25, -0.2) is 9.07 Å². The van der Waals surface area contributed by atoms with E-state index in [1.165, 1.54) is 49.4 Å². The first-order valence-electron chi connectivity index (χ1n) is 7.55. The zero-order chi connectivity index (χ0) is 18.9. The van der Waals surface area contributed by atoms with E-state index in [9.17, 15) is 22.4 Å². The third-order valence-electron chi connectivity index (χ3n) is 3.58. The third-order valence-corrected chi connectivity index (χ3v) is 3.58. The minimum atomic E-state index is -4.54. The van der Waals surface area contributed by atoms with Gasteiger partial charge < -0.3 is 5.32 Å². The van der Waals surface area contributed by atoms with Crippen LogP contribution in [-0.4, -0.2) is 15.7 Å². The van der Waals surface area contributed by atoms with Crippen molar-refractivity contribution < 1.29 is 22.4 Å². The molecule has 0 spiro atoms. The molecule has 0 aliphatic carbocycles. The zero-order valence-corrected chi connectivity index (χ0v) is 13.5. The van der Waals surface area contributed by atoms with E-state index in [-0.39, 0.29) is 16.9 Å². The van der Waals surface area contributed by atoms with E-state index in [2.05, 4.69) is 10.4 Å². The first kappa shape index (κ1) is 17.7. The SMILES string of the molecule is Cc1cc(C(F)(F)F)n(-c2ccc(NC(=O)c3cccc(F)c3)cc2)n1. The Hall–Kier alpha value is -3.16. The molecule has 2 aromatic carbocycles. The van der Waals surface area contributed by atoms with Crippen molar-refractivity contribution >= 4 is 11.6 Å². The highest BCUT2D eigenvalue weighted by Crippen LogP contribution is 2.31. The van der Waals surface area contributed by atoms with Gasteiger partial charge in [0.15, 0.2) is 0 Å². The Morgan fingerprint density at radius 2 is 1.77 bits per heavy atom. The molecule has 26 heavy (non-hydrogen) atoms. The highest BCUT2D eigenvalue weighted by Gasteiger charge is 2.35. The van der Waals surface area contributed by atoms with Crippen LogP contribution in [0.25, 0.3) is 5.69 Å². The first-order valence-corrected chi connectivity index (χ1v) is 7.55. The Labute approximate surface area is 146 Å². The summed E-state index contributed by atoms with van der Waals surface area (Å²) in [6, 6.07) is 11.8. The van der Waals surface area contributed by atoms with Crippen LogP contribution in [0.2, 0.25) is 0 Å². The van der Waals surface area contributed by atoms with Crippen LogP contribution in [0.1, 0.15) is 21.7 Å². The van der Waals surface area contributed by atoms with Crippen LogP contribution in [0.3, 0.4) is 0 Å². The molecule has 0 radical (unpaired) electrons. The number of halogens is 4. The van der Waals surface area contributed by atoms with Gasteiger partial charge in [0, 0.05) is 11.3 Å². The average molecular weight is 363 g/mol. The number of hydrogen-bond donors (Lipinski definition) is 1. The Kier molecular flexibility index (Phi) is 4.50. The van der Waals surface area contributed by atoms with E-state index in [4.69, 9.17) is 0 Å². The number of rotatable bonds is 3. The molecule has 1 aromatic heterocycles. The molecule has 3 rings (SSSR count). The molecule has 0 fully saturated rings. The number of nitrogens with zero attached hydrogens (tertiary/aromatic N) is 2. The molecule has 0 saturated heterocycles. The lowest BCUT2D eigenvalue weighted by atomic mass is 10.2. The van der Waals surface area contributed by atoms with Crippen LogP contribution in [0.5, 0.6) is 0 Å². The fourth-order valence-corrected chi connectivity index (χ4v) is 2.42. The maximum Gasteiger partial charge on any atom is 0.433 e. The molecule has 8 heteroatoms. The number of hydrogen-bond acceptors (Lipinski definition) is 2. The van der Waals surface area contributed by atoms with E-state index in [0.717, 1.165) is 16.8 Å². The molecule has 0 saturated carbocycles. The smallest absolute Gasteiger partial charge is 0.322 e. The maximum atomic E-state index is 13.2. The van der Waals surface area contributed by atoms with Gasteiger partial charge in [-0.1, -0.05) is 6.07 Å². The van der Waals surface area contributed by atoms with Crippen molar-refractivity contribution in [3.8, 4) is 5.69 Å². The molecule has 4 nitrogen and oxygen atoms in total. The number of benzene rings is 2. The van der Waals surface area contributed by atoms with Gasteiger partial charge in [0.25, 0.3) is 5.91 Å². The van der Waals surface area contributed by atoms with Crippen LogP contribution in [-0.2, 0) is 6.18 Å². The Morgan fingerprint density at radius 1 is 1.08 bits per heavy atom. The number of anilines is 1. The molecular formula is C18H13F4N3O. The summed E-state index contributed by atoms with van der Waals surface area (Å²) in [6.45, 7) is 1.47. The fourth-order valence-electron chi connectivity index (χ4n) is 2.42. The predicted molar refractivity (Wildman–Crippen MR) is 87.7 cm³/mol. The van der Waals surface area contributed by atoms with Gasteiger partial charge >= 0.3 is 6.18 Å². The fraction of sp³-hybridized carbons (Fsp3) is 0.111. The molecule has 134 valence electrons. The monoisotopic (exact) mass is 363 g/mol. The number of carbonyl (C=O) groups excluding carboxylic acids is 1. The average Bonchev–Trinajstić information content (AvgIpc) is 2.98. The summed E-state index contributed by atoms with van der Waals surface area (Å²) >= 11 is 0. The summed E-state index contributed by atoms with van der Waals surface area (Å²) in [6.07, 6.45) is -4.54. The van der Waals surface area contributed by atoms with Gasteiger partial charge in [0.2, 0.25) is 0 Å². The molecule has 0 aliphatic rings. The van der Waals surface area contributed by atoms with Gasteiger partial charge in [0.05, 0.1) is 11.4 Å². The molecule has 0 bridgehead atoms. The van der Waals surface area contributed by atoms with Crippen molar-refractivity contribution in [2.24, 2.45) is 0 Å². The molecule has 1 amide bonds. The van der Waals surface area contributed by atoms with Gasteiger partial charge in [0.1, 0.15) is 11.5 Å².